The van der Waals surface area contributed by atoms with Gasteiger partial charge >= 0.3 is 0 Å². The molecule has 0 radical (unpaired) electrons. The van der Waals surface area contributed by atoms with Gasteiger partial charge in [0.2, 0.25) is 5.65 Å². The van der Waals surface area contributed by atoms with Gasteiger partial charge in [-0.25, -0.2) is 9.37 Å². The number of hydrogen-bond acceptors (Lipinski definition) is 5. The second-order valence-corrected chi connectivity index (χ2v) is 7.69. The summed E-state index contributed by atoms with van der Waals surface area (Å²) in [7, 11) is 0. The van der Waals surface area contributed by atoms with Crippen LogP contribution >= 0.6 is 0 Å². The Morgan fingerprint density at radius 1 is 0.882 bits per heavy atom. The Balaban J connectivity index is 1.25. The predicted molar refractivity (Wildman–Crippen MR) is 126 cm³/mol. The molecule has 168 valence electrons. The zero-order valence-corrected chi connectivity index (χ0v) is 18.0. The Labute approximate surface area is 194 Å². The molecule has 3 aromatic carbocycles. The van der Waals surface area contributed by atoms with Crippen molar-refractivity contribution in [2.24, 2.45) is 0 Å². The van der Waals surface area contributed by atoms with Crippen molar-refractivity contribution in [1.82, 2.24) is 20.4 Å². The van der Waals surface area contributed by atoms with Gasteiger partial charge in [-0.2, -0.15) is 10.3 Å². The molecule has 0 aliphatic heterocycles. The fraction of sp³-hybridized carbons (Fsp3) is 0.0769. The Kier molecular flexibility index (Phi) is 6.05. The highest BCUT2D eigenvalue weighted by Crippen LogP contribution is 2.23. The van der Waals surface area contributed by atoms with E-state index in [1.54, 1.807) is 30.3 Å². The molecule has 34 heavy (non-hydrogen) atoms. The minimum absolute atomic E-state index is 0.0742. The number of anilines is 1. The van der Waals surface area contributed by atoms with E-state index in [0.717, 1.165) is 11.1 Å². The van der Waals surface area contributed by atoms with Crippen molar-refractivity contribution in [3.05, 3.63) is 107 Å². The third kappa shape index (κ3) is 4.82. The van der Waals surface area contributed by atoms with Gasteiger partial charge in [0.1, 0.15) is 11.3 Å². The van der Waals surface area contributed by atoms with Crippen LogP contribution in [-0.4, -0.2) is 26.3 Å². The van der Waals surface area contributed by atoms with Gasteiger partial charge in [0.25, 0.3) is 5.91 Å². The zero-order valence-electron chi connectivity index (χ0n) is 18.0. The lowest BCUT2D eigenvalue weighted by molar-refractivity contribution is 0.102. The number of pyridine rings is 1. The third-order valence-electron chi connectivity index (χ3n) is 5.28. The maximum Gasteiger partial charge on any atom is 0.258 e. The summed E-state index contributed by atoms with van der Waals surface area (Å²) >= 11 is 0. The Morgan fingerprint density at radius 3 is 2.44 bits per heavy atom. The van der Waals surface area contributed by atoms with E-state index in [0.29, 0.717) is 41.3 Å². The van der Waals surface area contributed by atoms with Crippen molar-refractivity contribution in [2.45, 2.75) is 13.2 Å². The molecule has 1 amide bonds. The molecule has 0 saturated carbocycles. The molecule has 0 spiro atoms. The first kappa shape index (κ1) is 21.4. The summed E-state index contributed by atoms with van der Waals surface area (Å²) in [6, 6.07) is 25.0. The van der Waals surface area contributed by atoms with Crippen LogP contribution in [0.3, 0.4) is 0 Å². The summed E-state index contributed by atoms with van der Waals surface area (Å²) in [6.45, 7) is 0.968. The smallest absolute Gasteiger partial charge is 0.258 e. The Hall–Kier alpha value is -4.43. The SMILES string of the molecule is O=C(Nc1ccc(COCc2ccccc2)cc1)c1cc(-c2ccc3n[nH]nc3n2)ccc1F. The number of aromatic amines is 1. The summed E-state index contributed by atoms with van der Waals surface area (Å²) in [5.41, 5.74) is 4.79. The second kappa shape index (κ2) is 9.60. The topological polar surface area (TPSA) is 92.8 Å². The third-order valence-corrected chi connectivity index (χ3v) is 5.28. The first-order valence-corrected chi connectivity index (χ1v) is 10.6. The van der Waals surface area contributed by atoms with Crippen LogP contribution in [0, 0.1) is 5.82 Å². The van der Waals surface area contributed by atoms with Gasteiger partial charge in [-0.3, -0.25) is 4.79 Å². The van der Waals surface area contributed by atoms with Crippen LogP contribution in [0.1, 0.15) is 21.5 Å². The lowest BCUT2D eigenvalue weighted by Crippen LogP contribution is -2.14. The van der Waals surface area contributed by atoms with E-state index in [9.17, 15) is 9.18 Å². The van der Waals surface area contributed by atoms with Gasteiger partial charge in [0, 0.05) is 11.3 Å². The zero-order chi connectivity index (χ0) is 23.3. The number of benzene rings is 3. The number of carbonyl (C=O) groups excluding carboxylic acids is 1. The average molecular weight is 453 g/mol. The van der Waals surface area contributed by atoms with Crippen LogP contribution in [0.25, 0.3) is 22.4 Å². The van der Waals surface area contributed by atoms with Crippen LogP contribution in [0.15, 0.2) is 84.9 Å². The maximum absolute atomic E-state index is 14.5. The standard InChI is InChI=1S/C26H20FN5O2/c27-22-11-8-19(23-12-13-24-25(29-23)31-32-30-24)14-21(22)26(33)28-20-9-6-18(7-10-20)16-34-15-17-4-2-1-3-5-17/h1-14H,15-16H2,(H,28,33)(H,29,30,31,32). The summed E-state index contributed by atoms with van der Waals surface area (Å²) in [5, 5.41) is 13.2. The van der Waals surface area contributed by atoms with E-state index in [-0.39, 0.29) is 5.56 Å². The molecule has 0 saturated heterocycles. The molecule has 7 nitrogen and oxygen atoms in total. The fourth-order valence-electron chi connectivity index (χ4n) is 3.50. The van der Waals surface area contributed by atoms with E-state index in [1.165, 1.54) is 12.1 Å². The van der Waals surface area contributed by atoms with Crippen LogP contribution in [-0.2, 0) is 18.0 Å². The van der Waals surface area contributed by atoms with Crippen molar-refractivity contribution in [3.8, 4) is 11.3 Å². The molecule has 2 N–H and O–H groups in total. The minimum Gasteiger partial charge on any atom is -0.372 e. The molecule has 5 aromatic rings. The van der Waals surface area contributed by atoms with Crippen LogP contribution in [0.5, 0.6) is 0 Å². The summed E-state index contributed by atoms with van der Waals surface area (Å²) < 4.78 is 20.2. The van der Waals surface area contributed by atoms with Gasteiger partial charge in [-0.15, -0.1) is 5.10 Å². The molecule has 0 atom stereocenters. The number of H-pyrrole nitrogens is 1. The van der Waals surface area contributed by atoms with Gasteiger partial charge in [0.15, 0.2) is 0 Å². The normalized spacial score (nSPS) is 11.0. The molecule has 5 rings (SSSR count). The lowest BCUT2D eigenvalue weighted by Gasteiger charge is -2.09. The molecule has 0 fully saturated rings. The predicted octanol–water partition coefficient (Wildman–Crippen LogP) is 5.13. The van der Waals surface area contributed by atoms with Gasteiger partial charge in [0.05, 0.1) is 24.5 Å². The second-order valence-electron chi connectivity index (χ2n) is 7.69. The lowest BCUT2D eigenvalue weighted by atomic mass is 10.1. The van der Waals surface area contributed by atoms with Gasteiger partial charge in [-0.05, 0) is 53.6 Å². The first-order chi connectivity index (χ1) is 16.7. The average Bonchev–Trinajstić information content (AvgIpc) is 3.34. The van der Waals surface area contributed by atoms with Gasteiger partial charge in [-0.1, -0.05) is 42.5 Å². The fourth-order valence-corrected chi connectivity index (χ4v) is 3.50. The number of nitrogens with one attached hydrogen (secondary N) is 2. The van der Waals surface area contributed by atoms with Gasteiger partial charge < -0.3 is 10.1 Å². The number of halogens is 1. The highest BCUT2D eigenvalue weighted by atomic mass is 19.1. The molecule has 0 aliphatic carbocycles. The number of aromatic nitrogens is 4. The molecule has 0 bridgehead atoms. The molecule has 0 unspecified atom stereocenters. The van der Waals surface area contributed by atoms with E-state index >= 15 is 0 Å². The number of fused-ring (bicyclic) bond motifs is 1. The number of rotatable bonds is 7. The molecular formula is C26H20FN5O2. The highest BCUT2D eigenvalue weighted by molar-refractivity contribution is 6.05. The van der Waals surface area contributed by atoms with Crippen molar-refractivity contribution in [2.75, 3.05) is 5.32 Å². The molecule has 0 aliphatic rings. The molecule has 8 heteroatoms. The van der Waals surface area contributed by atoms with Crippen LogP contribution in [0.2, 0.25) is 0 Å². The van der Waals surface area contributed by atoms with E-state index in [2.05, 4.69) is 25.7 Å². The van der Waals surface area contributed by atoms with E-state index in [4.69, 9.17) is 4.74 Å². The summed E-state index contributed by atoms with van der Waals surface area (Å²) in [4.78, 5) is 17.2. The summed E-state index contributed by atoms with van der Waals surface area (Å²) in [6.07, 6.45) is 0. The molecular weight excluding hydrogens is 433 g/mol. The first-order valence-electron chi connectivity index (χ1n) is 10.6. The Morgan fingerprint density at radius 2 is 1.65 bits per heavy atom. The quantitative estimate of drug-likeness (QED) is 0.356. The van der Waals surface area contributed by atoms with E-state index in [1.807, 2.05) is 42.5 Å². The number of nitrogens with zero attached hydrogens (tertiary/aromatic N) is 3. The summed E-state index contributed by atoms with van der Waals surface area (Å²) in [5.74, 6) is -1.16. The monoisotopic (exact) mass is 453 g/mol. The number of ether oxygens (including phenoxy) is 1. The number of hydrogen-bond donors (Lipinski definition) is 2. The van der Waals surface area contributed by atoms with Crippen molar-refractivity contribution < 1.29 is 13.9 Å². The largest absolute Gasteiger partial charge is 0.372 e. The van der Waals surface area contributed by atoms with Crippen molar-refractivity contribution in [3.63, 3.8) is 0 Å². The van der Waals surface area contributed by atoms with Crippen molar-refractivity contribution >= 4 is 22.8 Å². The van der Waals surface area contributed by atoms with E-state index < -0.39 is 11.7 Å². The highest BCUT2D eigenvalue weighted by Gasteiger charge is 2.15. The number of amides is 1. The molecule has 2 aromatic heterocycles. The molecule has 2 heterocycles. The minimum atomic E-state index is -0.616. The number of carbonyl (C=O) groups is 1. The maximum atomic E-state index is 14.5. The van der Waals surface area contributed by atoms with Crippen LogP contribution in [0.4, 0.5) is 10.1 Å². The van der Waals surface area contributed by atoms with Crippen LogP contribution < -0.4 is 5.32 Å². The van der Waals surface area contributed by atoms with Crippen molar-refractivity contribution in [1.29, 1.82) is 0 Å². The Bertz CT molecular complexity index is 1440.